The molecule has 0 saturated heterocycles. The second kappa shape index (κ2) is 8.92. The molecule has 0 aliphatic carbocycles. The maximum atomic E-state index is 14.3. The molecule has 184 valence electrons. The first-order chi connectivity index (χ1) is 17.5. The van der Waals surface area contributed by atoms with Crippen molar-refractivity contribution >= 4 is 23.1 Å². The van der Waals surface area contributed by atoms with E-state index in [9.17, 15) is 9.59 Å². The van der Waals surface area contributed by atoms with Crippen LogP contribution in [0.15, 0.2) is 65.8 Å². The molecule has 9 heteroatoms. The molecule has 2 aliphatic rings. The van der Waals surface area contributed by atoms with Gasteiger partial charge in [0.05, 0.1) is 34.0 Å². The van der Waals surface area contributed by atoms with Crippen LogP contribution in [0.1, 0.15) is 21.5 Å². The summed E-state index contributed by atoms with van der Waals surface area (Å²) in [5.74, 6) is -0.277. The van der Waals surface area contributed by atoms with Crippen LogP contribution in [0.5, 0.6) is 23.0 Å². The number of hydrogen-bond acceptors (Lipinski definition) is 8. The van der Waals surface area contributed by atoms with Gasteiger partial charge in [0.15, 0.2) is 5.78 Å². The highest BCUT2D eigenvalue weighted by Gasteiger charge is 2.63. The minimum absolute atomic E-state index is 0.237. The van der Waals surface area contributed by atoms with Crippen LogP contribution in [0.4, 0.5) is 5.69 Å². The Balaban J connectivity index is 1.74. The van der Waals surface area contributed by atoms with E-state index in [1.807, 2.05) is 0 Å². The summed E-state index contributed by atoms with van der Waals surface area (Å²) < 4.78 is 21.8. The number of fused-ring (bicyclic) bond motifs is 2. The number of ether oxygens (including phenoxy) is 4. The van der Waals surface area contributed by atoms with Crippen LogP contribution in [-0.4, -0.2) is 45.8 Å². The smallest absolute Gasteiger partial charge is 0.277 e. The van der Waals surface area contributed by atoms with E-state index in [0.29, 0.717) is 39.8 Å². The van der Waals surface area contributed by atoms with Gasteiger partial charge in [0, 0.05) is 22.9 Å². The molecule has 3 aromatic rings. The maximum absolute atomic E-state index is 14.3. The monoisotopic (exact) mass is 488 g/mol. The van der Waals surface area contributed by atoms with Crippen LogP contribution in [0.2, 0.25) is 0 Å². The zero-order valence-corrected chi connectivity index (χ0v) is 20.2. The fourth-order valence-corrected chi connectivity index (χ4v) is 4.74. The third kappa shape index (κ3) is 3.35. The van der Waals surface area contributed by atoms with Crippen molar-refractivity contribution in [3.8, 4) is 23.0 Å². The van der Waals surface area contributed by atoms with E-state index in [-0.39, 0.29) is 11.3 Å². The Kier molecular flexibility index (Phi) is 5.75. The summed E-state index contributed by atoms with van der Waals surface area (Å²) in [6.07, 6.45) is 0. The molecular weight excluding hydrogens is 464 g/mol. The molecule has 1 amide bonds. The summed E-state index contributed by atoms with van der Waals surface area (Å²) in [6.45, 7) is 0. The van der Waals surface area contributed by atoms with Crippen LogP contribution in [0.3, 0.4) is 0 Å². The predicted molar refractivity (Wildman–Crippen MR) is 131 cm³/mol. The number of nitrogens with one attached hydrogen (secondary N) is 1. The Bertz CT molecular complexity index is 1400. The lowest BCUT2D eigenvalue weighted by Gasteiger charge is -2.27. The molecule has 3 aromatic carbocycles. The lowest BCUT2D eigenvalue weighted by Crippen LogP contribution is -2.46. The minimum Gasteiger partial charge on any atom is -0.497 e. The average molecular weight is 488 g/mol. The van der Waals surface area contributed by atoms with Crippen molar-refractivity contribution in [1.29, 1.82) is 0 Å². The minimum atomic E-state index is -1.72. The Hall–Kier alpha value is -4.53. The largest absolute Gasteiger partial charge is 0.497 e. The van der Waals surface area contributed by atoms with Gasteiger partial charge in [0.2, 0.25) is 0 Å². The van der Waals surface area contributed by atoms with E-state index in [0.717, 1.165) is 0 Å². The SMILES string of the molecule is COc1ccc(C(=O)[C@H]2C(c3cc(OC)ccc3OC)=NO[C@@]23C(=O)Nc2ccccc23)c(OC)c1. The molecule has 2 heterocycles. The van der Waals surface area contributed by atoms with Gasteiger partial charge in [-0.3, -0.25) is 9.59 Å². The van der Waals surface area contributed by atoms with Crippen LogP contribution in [0, 0.1) is 5.92 Å². The third-order valence-corrected chi connectivity index (χ3v) is 6.50. The fraction of sp³-hybridized carbons (Fsp3) is 0.222. The number of carbonyl (C=O) groups is 2. The average Bonchev–Trinajstić information content (AvgIpc) is 3.46. The van der Waals surface area contributed by atoms with Crippen LogP contribution < -0.4 is 24.3 Å². The molecule has 0 unspecified atom stereocenters. The Morgan fingerprint density at radius 2 is 1.58 bits per heavy atom. The lowest BCUT2D eigenvalue weighted by molar-refractivity contribution is -0.140. The second-order valence-corrected chi connectivity index (χ2v) is 8.23. The van der Waals surface area contributed by atoms with Gasteiger partial charge in [-0.1, -0.05) is 23.4 Å². The number of hydrogen-bond donors (Lipinski definition) is 1. The number of oxime groups is 1. The number of rotatable bonds is 7. The zero-order valence-electron chi connectivity index (χ0n) is 20.2. The molecule has 0 aromatic heterocycles. The number of benzene rings is 3. The van der Waals surface area contributed by atoms with Gasteiger partial charge in [-0.15, -0.1) is 0 Å². The summed E-state index contributed by atoms with van der Waals surface area (Å²) in [5, 5.41) is 7.17. The van der Waals surface area contributed by atoms with Crippen molar-refractivity contribution in [2.45, 2.75) is 5.60 Å². The molecule has 9 nitrogen and oxygen atoms in total. The molecule has 0 radical (unpaired) electrons. The molecule has 36 heavy (non-hydrogen) atoms. The highest BCUT2D eigenvalue weighted by molar-refractivity contribution is 6.26. The second-order valence-electron chi connectivity index (χ2n) is 8.23. The highest BCUT2D eigenvalue weighted by atomic mass is 16.7. The van der Waals surface area contributed by atoms with E-state index < -0.39 is 23.2 Å². The number of ketones is 1. The van der Waals surface area contributed by atoms with Gasteiger partial charge in [-0.25, -0.2) is 0 Å². The molecule has 5 rings (SSSR count). The summed E-state index contributed by atoms with van der Waals surface area (Å²) in [4.78, 5) is 33.8. The van der Waals surface area contributed by atoms with Crippen molar-refractivity contribution in [3.63, 3.8) is 0 Å². The normalized spacial score (nSPS) is 19.7. The Labute approximate surface area is 207 Å². The number of carbonyl (C=O) groups excluding carboxylic acids is 2. The van der Waals surface area contributed by atoms with E-state index in [1.54, 1.807) is 60.7 Å². The van der Waals surface area contributed by atoms with Gasteiger partial charge < -0.3 is 29.1 Å². The zero-order chi connectivity index (χ0) is 25.4. The van der Waals surface area contributed by atoms with E-state index in [2.05, 4.69) is 10.5 Å². The number of Topliss-reactive ketones (excluding diaryl/α,β-unsaturated/α-hetero) is 1. The van der Waals surface area contributed by atoms with E-state index in [4.69, 9.17) is 23.8 Å². The summed E-state index contributed by atoms with van der Waals surface area (Å²) >= 11 is 0. The number of methoxy groups -OCH3 is 4. The van der Waals surface area contributed by atoms with Gasteiger partial charge >= 0.3 is 0 Å². The molecular formula is C27H24N2O7. The molecule has 0 saturated carbocycles. The lowest BCUT2D eigenvalue weighted by atomic mass is 9.74. The number of anilines is 1. The third-order valence-electron chi connectivity index (χ3n) is 6.50. The van der Waals surface area contributed by atoms with Gasteiger partial charge in [-0.05, 0) is 36.4 Å². The first-order valence-electron chi connectivity index (χ1n) is 11.1. The molecule has 2 aliphatic heterocycles. The van der Waals surface area contributed by atoms with Crippen molar-refractivity contribution in [2.24, 2.45) is 11.1 Å². The van der Waals surface area contributed by atoms with Crippen LogP contribution in [-0.2, 0) is 15.2 Å². The Morgan fingerprint density at radius 1 is 0.889 bits per heavy atom. The van der Waals surface area contributed by atoms with Gasteiger partial charge in [0.25, 0.3) is 11.5 Å². The van der Waals surface area contributed by atoms with Crippen LogP contribution >= 0.6 is 0 Å². The summed E-state index contributed by atoms with van der Waals surface area (Å²) in [6, 6.07) is 17.1. The molecule has 2 atom stereocenters. The first-order valence-corrected chi connectivity index (χ1v) is 11.1. The van der Waals surface area contributed by atoms with Crippen molar-refractivity contribution in [1.82, 2.24) is 0 Å². The van der Waals surface area contributed by atoms with E-state index >= 15 is 0 Å². The van der Waals surface area contributed by atoms with Crippen molar-refractivity contribution in [2.75, 3.05) is 33.8 Å². The first kappa shape index (κ1) is 23.2. The number of amides is 1. The quantitative estimate of drug-likeness (QED) is 0.505. The molecule has 1 spiro atoms. The fourth-order valence-electron chi connectivity index (χ4n) is 4.74. The summed E-state index contributed by atoms with van der Waals surface area (Å²) in [5.41, 5.74) is 0.303. The van der Waals surface area contributed by atoms with Gasteiger partial charge in [0.1, 0.15) is 34.6 Å². The highest BCUT2D eigenvalue weighted by Crippen LogP contribution is 2.51. The molecule has 1 N–H and O–H groups in total. The van der Waals surface area contributed by atoms with Crippen molar-refractivity contribution in [3.05, 3.63) is 77.4 Å². The maximum Gasteiger partial charge on any atom is 0.277 e. The van der Waals surface area contributed by atoms with Crippen LogP contribution in [0.25, 0.3) is 0 Å². The van der Waals surface area contributed by atoms with Crippen molar-refractivity contribution < 1.29 is 33.4 Å². The van der Waals surface area contributed by atoms with Gasteiger partial charge in [-0.2, -0.15) is 0 Å². The number of para-hydroxylation sites is 1. The Morgan fingerprint density at radius 3 is 2.31 bits per heavy atom. The molecule has 0 bridgehead atoms. The standard InChI is InChI=1S/C27H24N2O7/c1-32-15-10-12-21(34-3)18(13-15)24-23(25(30)17-11-9-16(33-2)14-22(17)35-4)27(36-29-24)19-7-5-6-8-20(19)28-26(27)31/h5-14,23H,1-4H3,(H,28,31)/t23-,27-/m1/s1. The van der Waals surface area contributed by atoms with E-state index in [1.165, 1.54) is 28.4 Å². The number of nitrogens with zero attached hydrogens (tertiary/aromatic N) is 1. The summed E-state index contributed by atoms with van der Waals surface area (Å²) in [7, 11) is 6.03. The topological polar surface area (TPSA) is 105 Å². The molecule has 0 fully saturated rings. The predicted octanol–water partition coefficient (Wildman–Crippen LogP) is 3.80.